The molecule has 18 nitrogen and oxygen atoms in total. The molecular formula is C24H10N12O6S4. The molecule has 7 rings (SSSR count). The predicted octanol–water partition coefficient (Wildman–Crippen LogP) is -0.361. The summed E-state index contributed by atoms with van der Waals surface area (Å²) in [5.41, 5.74) is 21.9. The lowest BCUT2D eigenvalue weighted by Gasteiger charge is -2.12. The Bertz CT molecular complexity index is 2350. The van der Waals surface area contributed by atoms with Crippen molar-refractivity contribution in [2.45, 2.75) is 19.6 Å². The Kier molecular flexibility index (Phi) is 6.26. The zero-order valence-corrected chi connectivity index (χ0v) is 25.3. The van der Waals surface area contributed by atoms with Gasteiger partial charge in [0.05, 0.1) is 41.4 Å². The van der Waals surface area contributed by atoms with E-state index in [0.717, 1.165) is 47.0 Å². The molecule has 2 aliphatic rings. The van der Waals surface area contributed by atoms with Crippen molar-refractivity contribution in [3.8, 4) is 12.1 Å². The second-order valence-corrected chi connectivity index (χ2v) is 13.8. The molecule has 2 amide bonds. The number of primary amides is 2. The number of amides is 2. The molecule has 22 heteroatoms. The number of fused-ring (bicyclic) bond motifs is 4. The summed E-state index contributed by atoms with van der Waals surface area (Å²) in [5.74, 6) is -5.12. The number of anilines is 2. The quantitative estimate of drug-likeness (QED) is 0.140. The fourth-order valence-electron chi connectivity index (χ4n) is 5.15. The number of carboxylic acid groups (broad SMARTS) is 2. The van der Waals surface area contributed by atoms with Crippen LogP contribution in [0.2, 0.25) is 0 Å². The summed E-state index contributed by atoms with van der Waals surface area (Å²) in [6.07, 6.45) is 0. The number of carboxylic acids is 2. The number of aromatic nitrogens is 6. The van der Waals surface area contributed by atoms with E-state index in [2.05, 4.69) is 20.4 Å². The van der Waals surface area contributed by atoms with Gasteiger partial charge in [-0.05, 0) is 0 Å². The predicted molar refractivity (Wildman–Crippen MR) is 162 cm³/mol. The van der Waals surface area contributed by atoms with Gasteiger partial charge in [-0.1, -0.05) is 47.0 Å². The van der Waals surface area contributed by atoms with Crippen molar-refractivity contribution in [1.82, 2.24) is 29.2 Å². The van der Waals surface area contributed by atoms with Crippen LogP contribution in [0.25, 0.3) is 19.8 Å². The minimum absolute atomic E-state index is 0.0317. The van der Waals surface area contributed by atoms with Crippen LogP contribution in [0.3, 0.4) is 0 Å². The molecule has 6 heterocycles. The molecule has 2 aliphatic heterocycles. The van der Waals surface area contributed by atoms with E-state index in [9.17, 15) is 39.9 Å². The second kappa shape index (κ2) is 9.91. The number of rotatable bonds is 4. The van der Waals surface area contributed by atoms with Crippen LogP contribution in [-0.4, -0.2) is 63.2 Å². The van der Waals surface area contributed by atoms with Crippen molar-refractivity contribution in [3.05, 3.63) is 44.1 Å². The van der Waals surface area contributed by atoms with Crippen molar-refractivity contribution >= 4 is 102 Å². The molecule has 0 spiro atoms. The maximum absolute atomic E-state index is 13.1. The third-order valence-corrected chi connectivity index (χ3v) is 12.1. The van der Waals surface area contributed by atoms with Crippen LogP contribution in [0.4, 0.5) is 11.9 Å². The number of thioether (sulfide) groups is 4. The van der Waals surface area contributed by atoms with E-state index in [4.69, 9.17) is 22.9 Å². The number of carbonyl (C=O) groups excluding carboxylic acids is 2. The van der Waals surface area contributed by atoms with Crippen molar-refractivity contribution in [2.75, 3.05) is 11.5 Å². The van der Waals surface area contributed by atoms with Gasteiger partial charge < -0.3 is 33.1 Å². The lowest BCUT2D eigenvalue weighted by Crippen LogP contribution is -2.18. The third kappa shape index (κ3) is 3.69. The molecule has 0 atom stereocenters. The number of hydrogen-bond acceptors (Lipinski definition) is 16. The van der Waals surface area contributed by atoms with Gasteiger partial charge in [0, 0.05) is 19.6 Å². The molecule has 4 aromatic heterocycles. The van der Waals surface area contributed by atoms with E-state index in [0.29, 0.717) is 0 Å². The van der Waals surface area contributed by atoms with Crippen molar-refractivity contribution in [2.24, 2.45) is 11.5 Å². The van der Waals surface area contributed by atoms with Gasteiger partial charge in [0.15, 0.2) is 11.3 Å². The van der Waals surface area contributed by atoms with Crippen LogP contribution < -0.4 is 33.6 Å². The van der Waals surface area contributed by atoms with E-state index in [1.54, 1.807) is 0 Å². The molecule has 1 aromatic carbocycles. The molecule has 0 fully saturated rings. The van der Waals surface area contributed by atoms with Gasteiger partial charge in [0.1, 0.15) is 23.3 Å². The Hall–Kier alpha value is -5.68. The van der Waals surface area contributed by atoms with Crippen LogP contribution in [-0.2, 0) is 0 Å². The summed E-state index contributed by atoms with van der Waals surface area (Å²) in [6, 6.07) is 3.75. The van der Waals surface area contributed by atoms with Crippen LogP contribution >= 0.6 is 47.0 Å². The van der Waals surface area contributed by atoms with Crippen LogP contribution in [0, 0.1) is 22.7 Å². The maximum atomic E-state index is 13.1. The highest BCUT2D eigenvalue weighted by Crippen LogP contribution is 2.63. The average molecular weight is 691 g/mol. The van der Waals surface area contributed by atoms with Gasteiger partial charge in [-0.2, -0.15) is 10.5 Å². The summed E-state index contributed by atoms with van der Waals surface area (Å²) in [7, 11) is 0. The van der Waals surface area contributed by atoms with Crippen LogP contribution in [0.15, 0.2) is 19.6 Å². The smallest absolute Gasteiger partial charge is 0.341 e. The highest BCUT2D eigenvalue weighted by atomic mass is 32.2. The number of nitrogens with zero attached hydrogens (tertiary/aromatic N) is 8. The first-order chi connectivity index (χ1) is 21.9. The zero-order valence-electron chi connectivity index (χ0n) is 22.0. The average Bonchev–Trinajstić information content (AvgIpc) is 3.81. The standard InChI is InChI=1S/C24H10N12O6S4/c25-1-3-5(19(39)40)17-31-33-23(29)35(17)9(3)21-43-11-7(15(27)37)13-14(8(16(28)38)12(11)44-21)46-22(45-13)10-4(2-26)6(20(41)42)18-32-34-24(30)36(10)18/h(H2,27,37)(H2,28,38)(H2,29,33)(H2,30,34)(H,39,40)(H,41,42). The highest BCUT2D eigenvalue weighted by Gasteiger charge is 2.40. The van der Waals surface area contributed by atoms with Crippen LogP contribution in [0.5, 0.6) is 0 Å². The molecule has 0 unspecified atom stereocenters. The SMILES string of the molecule is N#Cc1c(C(=O)O)c2nnc(N)n2c1=C1Sc2c(c(C(N)=O)c3c(c2C(N)=O)SC(=c2c(C#N)c(C(=O)O)c4nnc(N)n24)S3)S1. The monoisotopic (exact) mass is 690 g/mol. The Labute approximate surface area is 269 Å². The Balaban J connectivity index is 1.54. The van der Waals surface area contributed by atoms with E-state index >= 15 is 0 Å². The van der Waals surface area contributed by atoms with Gasteiger partial charge in [-0.25, -0.2) is 9.59 Å². The van der Waals surface area contributed by atoms with Crippen LogP contribution in [0.1, 0.15) is 52.6 Å². The molecule has 226 valence electrons. The molecular weight excluding hydrogens is 681 g/mol. The number of aromatic carboxylic acids is 2. The fraction of sp³-hybridized carbons (Fsp3) is 0. The number of nitriles is 2. The highest BCUT2D eigenvalue weighted by molar-refractivity contribution is 8.33. The van der Waals surface area contributed by atoms with Gasteiger partial charge >= 0.3 is 11.9 Å². The van der Waals surface area contributed by atoms with E-state index in [1.807, 2.05) is 12.1 Å². The summed E-state index contributed by atoms with van der Waals surface area (Å²) in [6.45, 7) is 0. The number of nitrogens with two attached hydrogens (primary N) is 4. The lowest BCUT2D eigenvalue weighted by atomic mass is 10.1. The Morgan fingerprint density at radius 3 is 1.20 bits per heavy atom. The summed E-state index contributed by atoms with van der Waals surface area (Å²) in [5, 5.41) is 54.8. The number of nitrogen functional groups attached to an aromatic ring is 2. The topological polar surface area (TPSA) is 321 Å². The fourth-order valence-corrected chi connectivity index (χ4v) is 11.0. The largest absolute Gasteiger partial charge is 0.478 e. The van der Waals surface area contributed by atoms with Crippen molar-refractivity contribution < 1.29 is 29.4 Å². The van der Waals surface area contributed by atoms with E-state index < -0.39 is 34.9 Å². The molecule has 0 saturated carbocycles. The Morgan fingerprint density at radius 2 is 0.935 bits per heavy atom. The molecule has 0 radical (unpaired) electrons. The molecule has 0 aliphatic carbocycles. The van der Waals surface area contributed by atoms with Gasteiger partial charge in [0.2, 0.25) is 11.9 Å². The molecule has 0 saturated heterocycles. The minimum atomic E-state index is -1.45. The molecule has 46 heavy (non-hydrogen) atoms. The normalized spacial score (nSPS) is 13.6. The van der Waals surface area contributed by atoms with E-state index in [1.165, 1.54) is 8.80 Å². The van der Waals surface area contributed by atoms with Gasteiger partial charge in [-0.3, -0.25) is 18.4 Å². The lowest BCUT2D eigenvalue weighted by molar-refractivity contribution is 0.0687. The summed E-state index contributed by atoms with van der Waals surface area (Å²) < 4.78 is 2.90. The number of benzene rings is 1. The third-order valence-electron chi connectivity index (χ3n) is 6.87. The number of carbonyl (C=O) groups is 4. The van der Waals surface area contributed by atoms with Crippen molar-refractivity contribution in [3.63, 3.8) is 0 Å². The molecule has 10 N–H and O–H groups in total. The number of hydrogen-bond donors (Lipinski definition) is 6. The Morgan fingerprint density at radius 1 is 0.609 bits per heavy atom. The van der Waals surface area contributed by atoms with E-state index in [-0.39, 0.29) is 84.2 Å². The van der Waals surface area contributed by atoms with Gasteiger partial charge in [-0.15, -0.1) is 20.4 Å². The summed E-state index contributed by atoms with van der Waals surface area (Å²) in [4.78, 5) is 51.1. The zero-order chi connectivity index (χ0) is 32.9. The molecule has 0 bridgehead atoms. The first-order valence-corrected chi connectivity index (χ1v) is 15.4. The van der Waals surface area contributed by atoms with Gasteiger partial charge in [0.25, 0.3) is 11.8 Å². The second-order valence-electron chi connectivity index (χ2n) is 9.24. The summed E-state index contributed by atoms with van der Waals surface area (Å²) >= 11 is 3.72. The minimum Gasteiger partial charge on any atom is -0.478 e. The first kappa shape index (κ1) is 29.1. The van der Waals surface area contributed by atoms with Crippen molar-refractivity contribution in [1.29, 1.82) is 10.5 Å². The molecule has 5 aromatic rings. The first-order valence-electron chi connectivity index (χ1n) is 12.1. The maximum Gasteiger partial charge on any atom is 0.341 e.